The maximum Gasteiger partial charge on any atom is 0.119 e. The van der Waals surface area contributed by atoms with Gasteiger partial charge in [0.05, 0.1) is 13.2 Å². The minimum atomic E-state index is 0.230. The highest BCUT2D eigenvalue weighted by atomic mass is 16.5. The van der Waals surface area contributed by atoms with Crippen LogP contribution in [0.5, 0.6) is 5.75 Å². The Kier molecular flexibility index (Phi) is 4.05. The van der Waals surface area contributed by atoms with E-state index in [2.05, 4.69) is 43.3 Å². The lowest BCUT2D eigenvalue weighted by Gasteiger charge is -2.20. The lowest BCUT2D eigenvalue weighted by molar-refractivity contribution is 0.414. The van der Waals surface area contributed by atoms with Crippen molar-refractivity contribution in [2.75, 3.05) is 7.11 Å². The molecule has 0 unspecified atom stereocenters. The zero-order valence-electron chi connectivity index (χ0n) is 12.7. The Labute approximate surface area is 126 Å². The molecule has 0 aliphatic heterocycles. The van der Waals surface area contributed by atoms with Crippen LogP contribution in [0.1, 0.15) is 36.1 Å². The quantitative estimate of drug-likeness (QED) is 0.816. The van der Waals surface area contributed by atoms with E-state index in [-0.39, 0.29) is 6.04 Å². The first-order chi connectivity index (χ1) is 10.3. The van der Waals surface area contributed by atoms with E-state index in [0.717, 1.165) is 25.0 Å². The largest absolute Gasteiger partial charge is 0.497 e. The van der Waals surface area contributed by atoms with Gasteiger partial charge in [0.15, 0.2) is 0 Å². The number of aliphatic imine (C=N–C) groups is 1. The number of fused-ring (bicyclic) bond motifs is 1. The van der Waals surface area contributed by atoms with Crippen LogP contribution in [0.25, 0.3) is 0 Å². The fraction of sp³-hybridized carbons (Fsp3) is 0.316. The normalized spacial score (nSPS) is 17.3. The molecule has 2 nitrogen and oxygen atoms in total. The van der Waals surface area contributed by atoms with Crippen LogP contribution in [0.3, 0.4) is 0 Å². The fourth-order valence-corrected chi connectivity index (χ4v) is 2.92. The van der Waals surface area contributed by atoms with E-state index in [0.29, 0.717) is 0 Å². The van der Waals surface area contributed by atoms with Gasteiger partial charge < -0.3 is 4.74 Å². The molecule has 0 amide bonds. The van der Waals surface area contributed by atoms with Gasteiger partial charge >= 0.3 is 0 Å². The third kappa shape index (κ3) is 3.15. The van der Waals surface area contributed by atoms with Crippen LogP contribution in [0, 0.1) is 0 Å². The molecular formula is C19H21NO. The monoisotopic (exact) mass is 279 g/mol. The molecule has 0 radical (unpaired) electrons. The van der Waals surface area contributed by atoms with Gasteiger partial charge in [0.1, 0.15) is 5.75 Å². The molecule has 0 bridgehead atoms. The van der Waals surface area contributed by atoms with Crippen molar-refractivity contribution in [3.05, 3.63) is 65.2 Å². The number of aryl methyl sites for hydroxylation is 1. The summed E-state index contributed by atoms with van der Waals surface area (Å²) in [5, 5.41) is 0. The molecule has 2 aromatic rings. The maximum absolute atomic E-state index is 5.33. The Bertz CT molecular complexity index is 646. The third-order valence-electron chi connectivity index (χ3n) is 4.15. The van der Waals surface area contributed by atoms with Crippen molar-refractivity contribution in [1.29, 1.82) is 0 Å². The average molecular weight is 279 g/mol. The number of ether oxygens (including phenoxy) is 1. The second kappa shape index (κ2) is 6.13. The SMILES string of the molecule is COc1ccc2c(c1)CC(=N[C@@H](C)c1ccccc1)CC2. The number of hydrogen-bond acceptors (Lipinski definition) is 2. The number of methoxy groups -OCH3 is 1. The first-order valence-electron chi connectivity index (χ1n) is 7.52. The van der Waals surface area contributed by atoms with Crippen LogP contribution in [-0.2, 0) is 12.8 Å². The molecule has 108 valence electrons. The molecule has 3 rings (SSSR count). The summed E-state index contributed by atoms with van der Waals surface area (Å²) in [5.41, 5.74) is 5.37. The van der Waals surface area contributed by atoms with Crippen LogP contribution in [0.15, 0.2) is 53.5 Å². The molecule has 0 saturated heterocycles. The zero-order chi connectivity index (χ0) is 14.7. The van der Waals surface area contributed by atoms with Crippen LogP contribution in [-0.4, -0.2) is 12.8 Å². The van der Waals surface area contributed by atoms with Gasteiger partial charge in [-0.2, -0.15) is 0 Å². The summed E-state index contributed by atoms with van der Waals surface area (Å²) in [6.07, 6.45) is 3.10. The Balaban J connectivity index is 1.80. The van der Waals surface area contributed by atoms with Crippen LogP contribution in [0.2, 0.25) is 0 Å². The topological polar surface area (TPSA) is 21.6 Å². The number of hydrogen-bond donors (Lipinski definition) is 0. The molecule has 2 aromatic carbocycles. The first-order valence-corrected chi connectivity index (χ1v) is 7.52. The fourth-order valence-electron chi connectivity index (χ4n) is 2.92. The highest BCUT2D eigenvalue weighted by Gasteiger charge is 2.16. The second-order valence-electron chi connectivity index (χ2n) is 5.59. The first kappa shape index (κ1) is 13.9. The van der Waals surface area contributed by atoms with E-state index in [1.54, 1.807) is 7.11 Å². The Morgan fingerprint density at radius 1 is 1.00 bits per heavy atom. The number of benzene rings is 2. The lowest BCUT2D eigenvalue weighted by atomic mass is 9.90. The molecule has 0 fully saturated rings. The summed E-state index contributed by atoms with van der Waals surface area (Å²) in [6.45, 7) is 2.17. The summed E-state index contributed by atoms with van der Waals surface area (Å²) >= 11 is 0. The average Bonchev–Trinajstić information content (AvgIpc) is 2.55. The molecule has 0 heterocycles. The van der Waals surface area contributed by atoms with Crippen LogP contribution in [0.4, 0.5) is 0 Å². The van der Waals surface area contributed by atoms with Gasteiger partial charge in [0.25, 0.3) is 0 Å². The van der Waals surface area contributed by atoms with Crippen LogP contribution < -0.4 is 4.74 Å². The van der Waals surface area contributed by atoms with Gasteiger partial charge in [-0.1, -0.05) is 36.4 Å². The molecule has 0 aromatic heterocycles. The Morgan fingerprint density at radius 2 is 1.81 bits per heavy atom. The van der Waals surface area contributed by atoms with Crippen molar-refractivity contribution in [1.82, 2.24) is 0 Å². The van der Waals surface area contributed by atoms with Gasteiger partial charge in [-0.3, -0.25) is 4.99 Å². The maximum atomic E-state index is 5.33. The predicted molar refractivity (Wildman–Crippen MR) is 87.3 cm³/mol. The van der Waals surface area contributed by atoms with E-state index in [1.807, 2.05) is 12.1 Å². The summed E-state index contributed by atoms with van der Waals surface area (Å²) in [7, 11) is 1.72. The van der Waals surface area contributed by atoms with Crippen molar-refractivity contribution in [2.45, 2.75) is 32.2 Å². The van der Waals surface area contributed by atoms with Crippen molar-refractivity contribution >= 4 is 5.71 Å². The van der Waals surface area contributed by atoms with E-state index in [1.165, 1.54) is 22.4 Å². The summed E-state index contributed by atoms with van der Waals surface area (Å²) in [5.74, 6) is 0.936. The van der Waals surface area contributed by atoms with Crippen molar-refractivity contribution < 1.29 is 4.74 Å². The minimum Gasteiger partial charge on any atom is -0.497 e. The Morgan fingerprint density at radius 3 is 2.57 bits per heavy atom. The van der Waals surface area contributed by atoms with Crippen molar-refractivity contribution in [3.8, 4) is 5.75 Å². The molecule has 1 aliphatic rings. The standard InChI is InChI=1S/C19H21NO/c1-14(15-6-4-3-5-7-15)20-18-10-8-16-9-11-19(21-2)13-17(16)12-18/h3-7,9,11,13-14H,8,10,12H2,1-2H3/t14-/m0/s1. The second-order valence-corrected chi connectivity index (χ2v) is 5.59. The van der Waals surface area contributed by atoms with E-state index in [9.17, 15) is 0 Å². The molecule has 0 saturated carbocycles. The zero-order valence-corrected chi connectivity index (χ0v) is 12.7. The van der Waals surface area contributed by atoms with Gasteiger partial charge in [-0.25, -0.2) is 0 Å². The molecule has 0 N–H and O–H groups in total. The summed E-state index contributed by atoms with van der Waals surface area (Å²) < 4.78 is 5.33. The highest BCUT2D eigenvalue weighted by molar-refractivity contribution is 5.88. The van der Waals surface area contributed by atoms with Crippen molar-refractivity contribution in [3.63, 3.8) is 0 Å². The molecule has 2 heteroatoms. The van der Waals surface area contributed by atoms with E-state index in [4.69, 9.17) is 9.73 Å². The van der Waals surface area contributed by atoms with E-state index >= 15 is 0 Å². The van der Waals surface area contributed by atoms with Crippen LogP contribution >= 0.6 is 0 Å². The lowest BCUT2D eigenvalue weighted by Crippen LogP contribution is -2.14. The Hall–Kier alpha value is -2.09. The summed E-state index contributed by atoms with van der Waals surface area (Å²) in [6, 6.07) is 17.1. The molecule has 0 spiro atoms. The smallest absolute Gasteiger partial charge is 0.119 e. The highest BCUT2D eigenvalue weighted by Crippen LogP contribution is 2.26. The number of nitrogens with zero attached hydrogens (tertiary/aromatic N) is 1. The number of rotatable bonds is 3. The van der Waals surface area contributed by atoms with Gasteiger partial charge in [0, 0.05) is 12.1 Å². The van der Waals surface area contributed by atoms with Crippen molar-refractivity contribution in [2.24, 2.45) is 4.99 Å². The predicted octanol–water partition coefficient (Wildman–Crippen LogP) is 4.39. The van der Waals surface area contributed by atoms with Gasteiger partial charge in [-0.15, -0.1) is 0 Å². The molecule has 1 atom stereocenters. The molecular weight excluding hydrogens is 258 g/mol. The van der Waals surface area contributed by atoms with Gasteiger partial charge in [0.2, 0.25) is 0 Å². The summed E-state index contributed by atoms with van der Waals surface area (Å²) in [4.78, 5) is 4.94. The molecule has 21 heavy (non-hydrogen) atoms. The van der Waals surface area contributed by atoms with Gasteiger partial charge in [-0.05, 0) is 48.6 Å². The minimum absolute atomic E-state index is 0.230. The van der Waals surface area contributed by atoms with E-state index < -0.39 is 0 Å². The molecule has 1 aliphatic carbocycles. The third-order valence-corrected chi connectivity index (χ3v) is 4.15.